The Bertz CT molecular complexity index is 904. The summed E-state index contributed by atoms with van der Waals surface area (Å²) in [4.78, 5) is 11.3. The summed E-state index contributed by atoms with van der Waals surface area (Å²) < 4.78 is 29.3. The van der Waals surface area contributed by atoms with E-state index in [-0.39, 0.29) is 21.3 Å². The lowest BCUT2D eigenvalue weighted by atomic mass is 9.43. The van der Waals surface area contributed by atoms with Crippen LogP contribution in [0.5, 0.6) is 0 Å². The first kappa shape index (κ1) is 19.6. The highest BCUT2D eigenvalue weighted by molar-refractivity contribution is 7.89. The van der Waals surface area contributed by atoms with Crippen molar-refractivity contribution in [1.29, 1.82) is 0 Å². The average molecular weight is 405 g/mol. The molecule has 4 bridgehead atoms. The Morgan fingerprint density at radius 2 is 1.68 bits per heavy atom. The maximum Gasteiger partial charge on any atom is 0.267 e. The molecule has 0 aromatic heterocycles. The molecule has 6 nitrogen and oxygen atoms in total. The molecule has 0 saturated heterocycles. The maximum absolute atomic E-state index is 13.1. The molecule has 7 heteroatoms. The van der Waals surface area contributed by atoms with Gasteiger partial charge in [-0.3, -0.25) is 10.0 Å². The molecule has 0 spiro atoms. The quantitative estimate of drug-likeness (QED) is 0.399. The summed E-state index contributed by atoms with van der Waals surface area (Å²) in [7, 11) is -3.62. The Labute approximate surface area is 166 Å². The number of sulfonamides is 1. The topological polar surface area (TPSA) is 95.5 Å². The van der Waals surface area contributed by atoms with Gasteiger partial charge in [0.25, 0.3) is 5.91 Å². The van der Waals surface area contributed by atoms with Crippen molar-refractivity contribution in [2.45, 2.75) is 62.8 Å². The molecular weight excluding hydrogens is 376 g/mol. The summed E-state index contributed by atoms with van der Waals surface area (Å²) in [6, 6.07) is 6.42. The van der Waals surface area contributed by atoms with E-state index >= 15 is 0 Å². The highest BCUT2D eigenvalue weighted by atomic mass is 32.2. The Morgan fingerprint density at radius 3 is 2.21 bits per heavy atom. The van der Waals surface area contributed by atoms with Crippen LogP contribution in [0.1, 0.15) is 57.9 Å². The van der Waals surface area contributed by atoms with Gasteiger partial charge in [0.1, 0.15) is 0 Å². The van der Waals surface area contributed by atoms with E-state index in [9.17, 15) is 13.2 Å². The molecule has 4 fully saturated rings. The maximum atomic E-state index is 13.1. The van der Waals surface area contributed by atoms with E-state index in [2.05, 4.69) is 18.6 Å². The number of carbonyl (C=O) groups is 1. The first-order chi connectivity index (χ1) is 13.0. The lowest BCUT2D eigenvalue weighted by Crippen LogP contribution is -2.65. The van der Waals surface area contributed by atoms with Crippen LogP contribution in [0.3, 0.4) is 0 Å². The van der Waals surface area contributed by atoms with Crippen molar-refractivity contribution in [1.82, 2.24) is 10.2 Å². The first-order valence-electron chi connectivity index (χ1n) is 9.81. The molecule has 4 aliphatic rings. The molecule has 1 amide bonds. The van der Waals surface area contributed by atoms with E-state index in [1.54, 1.807) is 24.3 Å². The van der Waals surface area contributed by atoms with Crippen LogP contribution in [0.25, 0.3) is 6.08 Å². The van der Waals surface area contributed by atoms with Crippen LogP contribution in [-0.4, -0.2) is 25.1 Å². The molecule has 152 valence electrons. The van der Waals surface area contributed by atoms with Gasteiger partial charge in [0.05, 0.1) is 4.90 Å². The van der Waals surface area contributed by atoms with Gasteiger partial charge in [0.2, 0.25) is 10.0 Å². The Balaban J connectivity index is 1.55. The lowest BCUT2D eigenvalue weighted by molar-refractivity contribution is -0.124. The Kier molecular flexibility index (Phi) is 4.48. The van der Waals surface area contributed by atoms with Crippen LogP contribution in [0.15, 0.2) is 35.2 Å². The molecule has 1 aromatic rings. The van der Waals surface area contributed by atoms with Gasteiger partial charge in [-0.2, -0.15) is 0 Å². The van der Waals surface area contributed by atoms with Crippen molar-refractivity contribution in [3.05, 3.63) is 35.9 Å². The summed E-state index contributed by atoms with van der Waals surface area (Å²) in [5.41, 5.74) is 2.33. The molecule has 5 rings (SSSR count). The molecule has 4 saturated carbocycles. The summed E-state index contributed by atoms with van der Waals surface area (Å²) >= 11 is 0. The van der Waals surface area contributed by atoms with Crippen molar-refractivity contribution in [3.63, 3.8) is 0 Å². The summed E-state index contributed by atoms with van der Waals surface area (Å²) in [6.07, 6.45) is 9.10. The third-order valence-electron chi connectivity index (χ3n) is 6.70. The highest BCUT2D eigenvalue weighted by Crippen LogP contribution is 2.66. The highest BCUT2D eigenvalue weighted by Gasteiger charge is 2.61. The van der Waals surface area contributed by atoms with Crippen molar-refractivity contribution >= 4 is 22.0 Å². The van der Waals surface area contributed by atoms with Crippen molar-refractivity contribution in [2.75, 3.05) is 0 Å². The molecule has 0 heterocycles. The summed E-state index contributed by atoms with van der Waals surface area (Å²) in [5.74, 6) is -0.0266. The second-order valence-corrected chi connectivity index (χ2v) is 11.6. The fraction of sp³-hybridized carbons (Fsp3) is 0.571. The molecular formula is C21H28N2O4S. The molecule has 4 aliphatic carbocycles. The number of hydrogen-bond donors (Lipinski definition) is 3. The van der Waals surface area contributed by atoms with Gasteiger partial charge in [-0.15, -0.1) is 0 Å². The number of carbonyl (C=O) groups excluding carboxylic acids is 1. The van der Waals surface area contributed by atoms with Crippen molar-refractivity contribution in [2.24, 2.45) is 16.7 Å². The lowest BCUT2D eigenvalue weighted by Gasteiger charge is -2.65. The summed E-state index contributed by atoms with van der Waals surface area (Å²) in [6.45, 7) is 4.64. The van der Waals surface area contributed by atoms with Gasteiger partial charge in [0.15, 0.2) is 0 Å². The van der Waals surface area contributed by atoms with E-state index in [0.29, 0.717) is 11.5 Å². The van der Waals surface area contributed by atoms with Crippen LogP contribution in [0.2, 0.25) is 0 Å². The number of amides is 1. The number of hydrogen-bond acceptors (Lipinski definition) is 4. The van der Waals surface area contributed by atoms with E-state index in [1.165, 1.54) is 36.9 Å². The number of rotatable bonds is 5. The molecule has 0 aliphatic heterocycles. The Hall–Kier alpha value is -1.70. The SMILES string of the molecule is CC12CC3CC(C)(C1)CC(NS(=O)(=O)c1ccc(/C=C/C(=O)NO)cc1)(C3)C2. The monoisotopic (exact) mass is 404 g/mol. The minimum absolute atomic E-state index is 0.235. The van der Waals surface area contributed by atoms with E-state index in [1.807, 2.05) is 0 Å². The molecule has 2 atom stereocenters. The largest absolute Gasteiger partial charge is 0.288 e. The van der Waals surface area contributed by atoms with Gasteiger partial charge in [0, 0.05) is 11.6 Å². The number of benzene rings is 1. The van der Waals surface area contributed by atoms with Gasteiger partial charge in [-0.1, -0.05) is 26.0 Å². The van der Waals surface area contributed by atoms with Crippen LogP contribution >= 0.6 is 0 Å². The van der Waals surface area contributed by atoms with Crippen LogP contribution < -0.4 is 10.2 Å². The third-order valence-corrected chi connectivity index (χ3v) is 8.30. The number of hydroxylamine groups is 1. The fourth-order valence-electron chi connectivity index (χ4n) is 6.87. The van der Waals surface area contributed by atoms with Crippen molar-refractivity contribution < 1.29 is 18.4 Å². The summed E-state index contributed by atoms with van der Waals surface area (Å²) in [5, 5.41) is 8.51. The molecule has 28 heavy (non-hydrogen) atoms. The number of nitrogens with one attached hydrogen (secondary N) is 2. The van der Waals surface area contributed by atoms with Gasteiger partial charge in [-0.25, -0.2) is 18.6 Å². The van der Waals surface area contributed by atoms with E-state index < -0.39 is 15.9 Å². The third kappa shape index (κ3) is 3.63. The van der Waals surface area contributed by atoms with Gasteiger partial charge >= 0.3 is 0 Å². The standard InChI is InChI=1S/C21H28N2O4S/c1-19-9-16-10-20(2,12-19)14-21(11-16,13-19)23-28(26,27)17-6-3-15(4-7-17)5-8-18(24)22-25/h3-8,16,23,25H,9-14H2,1-2H3,(H,22,24)/b8-5+. The minimum Gasteiger partial charge on any atom is -0.288 e. The molecule has 3 N–H and O–H groups in total. The first-order valence-corrected chi connectivity index (χ1v) is 11.3. The van der Waals surface area contributed by atoms with Gasteiger partial charge < -0.3 is 0 Å². The normalized spacial score (nSPS) is 36.8. The minimum atomic E-state index is -3.62. The van der Waals surface area contributed by atoms with Crippen LogP contribution in [0, 0.1) is 16.7 Å². The zero-order chi connectivity index (χ0) is 20.2. The van der Waals surface area contributed by atoms with E-state index in [0.717, 1.165) is 19.3 Å². The van der Waals surface area contributed by atoms with Crippen LogP contribution in [0.4, 0.5) is 0 Å². The predicted molar refractivity (Wildman–Crippen MR) is 106 cm³/mol. The van der Waals surface area contributed by atoms with Gasteiger partial charge in [-0.05, 0) is 79.0 Å². The van der Waals surface area contributed by atoms with Crippen molar-refractivity contribution in [3.8, 4) is 0 Å². The molecule has 0 radical (unpaired) electrons. The smallest absolute Gasteiger partial charge is 0.267 e. The molecule has 1 aromatic carbocycles. The predicted octanol–water partition coefficient (Wildman–Crippen LogP) is 3.23. The Morgan fingerprint density at radius 1 is 1.07 bits per heavy atom. The fourth-order valence-corrected chi connectivity index (χ4v) is 8.28. The zero-order valence-electron chi connectivity index (χ0n) is 16.4. The van der Waals surface area contributed by atoms with E-state index in [4.69, 9.17) is 5.21 Å². The second kappa shape index (κ2) is 6.40. The zero-order valence-corrected chi connectivity index (χ0v) is 17.2. The second-order valence-electron chi connectivity index (χ2n) is 9.89. The average Bonchev–Trinajstić information content (AvgIpc) is 2.55. The van der Waals surface area contributed by atoms with Crippen LogP contribution in [-0.2, 0) is 14.8 Å². The molecule has 2 unspecified atom stereocenters.